The minimum absolute atomic E-state index is 0.188. The van der Waals surface area contributed by atoms with Crippen LogP contribution in [0.3, 0.4) is 0 Å². The number of aliphatic hydroxyl groups is 1. The van der Waals surface area contributed by atoms with Crippen molar-refractivity contribution in [1.82, 2.24) is 15.0 Å². The van der Waals surface area contributed by atoms with Gasteiger partial charge in [-0.2, -0.15) is 4.98 Å². The third kappa shape index (κ3) is 2.59. The van der Waals surface area contributed by atoms with Gasteiger partial charge < -0.3 is 19.3 Å². The molecular weight excluding hydrogens is 306 g/mol. The summed E-state index contributed by atoms with van der Waals surface area (Å²) < 4.78 is 10.4. The SMILES string of the molecule is COc1cc(C)sc1C(=O)N1C[C@H](O)C[C@@H]1c1nc(C)no1. The number of nitrogens with zero attached hydrogens (tertiary/aromatic N) is 3. The van der Waals surface area contributed by atoms with Gasteiger partial charge in [-0.3, -0.25) is 4.79 Å². The van der Waals surface area contributed by atoms with E-state index in [9.17, 15) is 9.90 Å². The Hall–Kier alpha value is -1.93. The molecule has 2 atom stereocenters. The van der Waals surface area contributed by atoms with Gasteiger partial charge >= 0.3 is 0 Å². The number of thiophene rings is 1. The van der Waals surface area contributed by atoms with Crippen LogP contribution in [0.25, 0.3) is 0 Å². The number of hydrogen-bond acceptors (Lipinski definition) is 7. The largest absolute Gasteiger partial charge is 0.495 e. The predicted molar refractivity (Wildman–Crippen MR) is 79.0 cm³/mol. The first kappa shape index (κ1) is 15.0. The number of hydrogen-bond donors (Lipinski definition) is 1. The summed E-state index contributed by atoms with van der Waals surface area (Å²) in [6.45, 7) is 3.88. The highest BCUT2D eigenvalue weighted by atomic mass is 32.1. The van der Waals surface area contributed by atoms with Gasteiger partial charge in [-0.1, -0.05) is 5.16 Å². The van der Waals surface area contributed by atoms with E-state index >= 15 is 0 Å². The smallest absolute Gasteiger partial charge is 0.268 e. The summed E-state index contributed by atoms with van der Waals surface area (Å²) >= 11 is 1.37. The second kappa shape index (κ2) is 5.69. The van der Waals surface area contributed by atoms with E-state index in [1.165, 1.54) is 18.4 Å². The average molecular weight is 323 g/mol. The lowest BCUT2D eigenvalue weighted by Gasteiger charge is -2.21. The lowest BCUT2D eigenvalue weighted by Crippen LogP contribution is -2.31. The van der Waals surface area contributed by atoms with E-state index in [1.54, 1.807) is 11.8 Å². The number of aryl methyl sites for hydroxylation is 2. The fourth-order valence-corrected chi connectivity index (χ4v) is 3.58. The van der Waals surface area contributed by atoms with Gasteiger partial charge in [0.1, 0.15) is 16.7 Å². The monoisotopic (exact) mass is 323 g/mol. The third-order valence-electron chi connectivity index (χ3n) is 3.60. The van der Waals surface area contributed by atoms with E-state index in [0.29, 0.717) is 28.8 Å². The standard InChI is InChI=1S/C14H17N3O4S/c1-7-4-11(20-3)12(22-7)14(19)17-6-9(18)5-10(17)13-15-8(2)16-21-13/h4,9-10,18H,5-6H2,1-3H3/t9-,10-/m1/s1. The van der Waals surface area contributed by atoms with E-state index in [4.69, 9.17) is 9.26 Å². The number of ether oxygens (including phenoxy) is 1. The molecule has 1 N–H and O–H groups in total. The molecule has 0 aliphatic carbocycles. The van der Waals surface area contributed by atoms with Crippen LogP contribution in [-0.4, -0.2) is 45.8 Å². The Bertz CT molecular complexity index is 696. The summed E-state index contributed by atoms with van der Waals surface area (Å²) in [5.74, 6) is 1.23. The van der Waals surface area contributed by atoms with E-state index in [2.05, 4.69) is 10.1 Å². The van der Waals surface area contributed by atoms with Gasteiger partial charge in [-0.05, 0) is 19.9 Å². The first-order valence-electron chi connectivity index (χ1n) is 6.93. The van der Waals surface area contributed by atoms with Crippen molar-refractivity contribution in [2.45, 2.75) is 32.4 Å². The van der Waals surface area contributed by atoms with Crippen LogP contribution in [0.1, 0.15) is 38.7 Å². The van der Waals surface area contributed by atoms with Crippen LogP contribution in [0, 0.1) is 13.8 Å². The lowest BCUT2D eigenvalue weighted by atomic mass is 10.2. The summed E-state index contributed by atoms with van der Waals surface area (Å²) in [7, 11) is 1.54. The van der Waals surface area contributed by atoms with Crippen molar-refractivity contribution in [3.05, 3.63) is 27.5 Å². The van der Waals surface area contributed by atoms with E-state index < -0.39 is 12.1 Å². The molecule has 0 spiro atoms. The van der Waals surface area contributed by atoms with E-state index in [-0.39, 0.29) is 12.5 Å². The first-order chi connectivity index (χ1) is 10.5. The number of rotatable bonds is 3. The van der Waals surface area contributed by atoms with Gasteiger partial charge in [0.25, 0.3) is 5.91 Å². The molecule has 2 aromatic rings. The molecule has 7 nitrogen and oxygen atoms in total. The van der Waals surface area contributed by atoms with Gasteiger partial charge in [-0.25, -0.2) is 0 Å². The van der Waals surface area contributed by atoms with E-state index in [0.717, 1.165) is 4.88 Å². The van der Waals surface area contributed by atoms with Gasteiger partial charge in [0.2, 0.25) is 5.89 Å². The summed E-state index contributed by atoms with van der Waals surface area (Å²) in [5.41, 5.74) is 0. The van der Waals surface area contributed by atoms with Crippen LogP contribution in [0.2, 0.25) is 0 Å². The molecule has 0 saturated carbocycles. The fraction of sp³-hybridized carbons (Fsp3) is 0.500. The number of methoxy groups -OCH3 is 1. The highest BCUT2D eigenvalue weighted by Gasteiger charge is 2.40. The van der Waals surface area contributed by atoms with Crippen LogP contribution < -0.4 is 4.74 Å². The molecule has 1 amide bonds. The van der Waals surface area contributed by atoms with Gasteiger partial charge in [0, 0.05) is 17.8 Å². The molecule has 1 aliphatic heterocycles. The molecule has 8 heteroatoms. The lowest BCUT2D eigenvalue weighted by molar-refractivity contribution is 0.0695. The summed E-state index contributed by atoms with van der Waals surface area (Å²) in [6.07, 6.45) is -0.215. The molecule has 0 bridgehead atoms. The Morgan fingerprint density at radius 2 is 2.32 bits per heavy atom. The highest BCUT2D eigenvalue weighted by Crippen LogP contribution is 2.36. The number of carbonyl (C=O) groups is 1. The number of carbonyl (C=O) groups excluding carboxylic acids is 1. The molecular formula is C14H17N3O4S. The van der Waals surface area contributed by atoms with Crippen molar-refractivity contribution in [3.8, 4) is 5.75 Å². The van der Waals surface area contributed by atoms with Crippen molar-refractivity contribution in [1.29, 1.82) is 0 Å². The molecule has 0 aromatic carbocycles. The predicted octanol–water partition coefficient (Wildman–Crippen LogP) is 1.70. The van der Waals surface area contributed by atoms with Crippen molar-refractivity contribution in [2.24, 2.45) is 0 Å². The molecule has 1 fully saturated rings. The van der Waals surface area contributed by atoms with Crippen LogP contribution >= 0.6 is 11.3 Å². The Morgan fingerprint density at radius 1 is 1.55 bits per heavy atom. The van der Waals surface area contributed by atoms with Crippen molar-refractivity contribution in [2.75, 3.05) is 13.7 Å². The minimum atomic E-state index is -0.604. The van der Waals surface area contributed by atoms with Crippen LogP contribution in [0.5, 0.6) is 5.75 Å². The normalized spacial score (nSPS) is 21.4. The summed E-state index contributed by atoms with van der Waals surface area (Å²) in [6, 6.07) is 1.42. The summed E-state index contributed by atoms with van der Waals surface area (Å²) in [4.78, 5) is 20.1. The van der Waals surface area contributed by atoms with Crippen LogP contribution in [0.15, 0.2) is 10.6 Å². The molecule has 3 rings (SSSR count). The van der Waals surface area contributed by atoms with Gasteiger partial charge in [0.05, 0.1) is 13.2 Å². The van der Waals surface area contributed by atoms with Crippen molar-refractivity contribution >= 4 is 17.2 Å². The molecule has 22 heavy (non-hydrogen) atoms. The topological polar surface area (TPSA) is 88.7 Å². The van der Waals surface area contributed by atoms with Crippen LogP contribution in [0.4, 0.5) is 0 Å². The molecule has 1 aliphatic rings. The maximum atomic E-state index is 12.8. The highest BCUT2D eigenvalue weighted by molar-refractivity contribution is 7.14. The Kier molecular flexibility index (Phi) is 3.88. The van der Waals surface area contributed by atoms with Crippen LogP contribution in [-0.2, 0) is 0 Å². The molecule has 118 valence electrons. The van der Waals surface area contributed by atoms with E-state index in [1.807, 2.05) is 13.0 Å². The maximum Gasteiger partial charge on any atom is 0.268 e. The molecule has 1 saturated heterocycles. The third-order valence-corrected chi connectivity index (χ3v) is 4.62. The Morgan fingerprint density at radius 3 is 2.95 bits per heavy atom. The zero-order chi connectivity index (χ0) is 15.9. The summed E-state index contributed by atoms with van der Waals surface area (Å²) in [5, 5.41) is 13.7. The van der Waals surface area contributed by atoms with Crippen molar-refractivity contribution in [3.63, 3.8) is 0 Å². The fourth-order valence-electron chi connectivity index (χ4n) is 2.64. The zero-order valence-corrected chi connectivity index (χ0v) is 13.4. The molecule has 0 unspecified atom stereocenters. The number of likely N-dealkylation sites (tertiary alicyclic amines) is 1. The first-order valence-corrected chi connectivity index (χ1v) is 7.75. The quantitative estimate of drug-likeness (QED) is 0.925. The second-order valence-electron chi connectivity index (χ2n) is 5.30. The number of aliphatic hydroxyl groups excluding tert-OH is 1. The van der Waals surface area contributed by atoms with Crippen molar-refractivity contribution < 1.29 is 19.2 Å². The number of aromatic nitrogens is 2. The number of amides is 1. The average Bonchev–Trinajstić information content (AvgIpc) is 3.16. The molecule has 2 aromatic heterocycles. The molecule has 3 heterocycles. The van der Waals surface area contributed by atoms with Gasteiger partial charge in [0.15, 0.2) is 5.82 Å². The van der Waals surface area contributed by atoms with Gasteiger partial charge in [-0.15, -0.1) is 11.3 Å². The second-order valence-corrected chi connectivity index (χ2v) is 6.55. The Balaban J connectivity index is 1.92. The maximum absolute atomic E-state index is 12.8. The molecule has 0 radical (unpaired) electrons. The number of β-amino-alcohol motifs (C(OH)–C–C–N with tert-alkyl or cyclic N) is 1. The Labute approximate surface area is 131 Å². The zero-order valence-electron chi connectivity index (χ0n) is 12.6. The minimum Gasteiger partial charge on any atom is -0.495 e.